The van der Waals surface area contributed by atoms with E-state index in [1.165, 1.54) is 13.0 Å². The quantitative estimate of drug-likeness (QED) is 0.791. The average molecular weight is 231 g/mol. The Morgan fingerprint density at radius 2 is 1.86 bits per heavy atom. The predicted molar refractivity (Wildman–Crippen MR) is 57.7 cm³/mol. The molecule has 0 amide bonds. The van der Waals surface area contributed by atoms with Crippen molar-refractivity contribution in [3.8, 4) is 0 Å². The highest BCUT2D eigenvalue weighted by Crippen LogP contribution is 2.26. The van der Waals surface area contributed by atoms with Crippen molar-refractivity contribution in [3.63, 3.8) is 0 Å². The van der Waals surface area contributed by atoms with E-state index in [1.807, 2.05) is 0 Å². The first-order valence-corrected chi connectivity index (χ1v) is 4.63. The molecule has 4 heteroatoms. The predicted octanol–water partition coefficient (Wildman–Crippen LogP) is 3.48. The molecule has 0 radical (unpaired) electrons. The maximum Gasteiger partial charge on any atom is 0.331 e. The van der Waals surface area contributed by atoms with Crippen molar-refractivity contribution in [2.24, 2.45) is 0 Å². The van der Waals surface area contributed by atoms with Crippen molar-refractivity contribution in [1.82, 2.24) is 0 Å². The van der Waals surface area contributed by atoms with Gasteiger partial charge in [-0.05, 0) is 25.1 Å². The van der Waals surface area contributed by atoms with Gasteiger partial charge in [0, 0.05) is 21.2 Å². The van der Waals surface area contributed by atoms with E-state index in [0.29, 0.717) is 15.6 Å². The van der Waals surface area contributed by atoms with Gasteiger partial charge in [-0.25, -0.2) is 4.79 Å². The van der Waals surface area contributed by atoms with Gasteiger partial charge in [0.05, 0.1) is 0 Å². The van der Waals surface area contributed by atoms with Crippen LogP contribution in [0.15, 0.2) is 23.8 Å². The monoisotopic (exact) mass is 230 g/mol. The summed E-state index contributed by atoms with van der Waals surface area (Å²) in [5.74, 6) is -0.985. The Morgan fingerprint density at radius 1 is 1.36 bits per heavy atom. The Labute approximate surface area is 91.8 Å². The summed E-state index contributed by atoms with van der Waals surface area (Å²) in [4.78, 5) is 10.6. The standard InChI is InChI=1S/C10H8Cl2O2/c1-6(10(13)14)5-7-8(11)3-2-4-9(7)12/h2-5H,1H3,(H,13,14). The molecule has 0 fully saturated rings. The van der Waals surface area contributed by atoms with Crippen LogP contribution in [-0.2, 0) is 4.79 Å². The average Bonchev–Trinajstić information content (AvgIpc) is 2.11. The zero-order valence-corrected chi connectivity index (χ0v) is 8.93. The number of aliphatic carboxylic acids is 1. The Bertz CT molecular complexity index is 377. The first kappa shape index (κ1) is 11.1. The molecule has 0 saturated carbocycles. The van der Waals surface area contributed by atoms with E-state index < -0.39 is 5.97 Å². The Balaban J connectivity index is 3.20. The molecule has 1 N–H and O–H groups in total. The third-order valence-corrected chi connectivity index (χ3v) is 2.36. The lowest BCUT2D eigenvalue weighted by atomic mass is 10.1. The number of carboxylic acids is 1. The number of halogens is 2. The minimum absolute atomic E-state index is 0.194. The third-order valence-electron chi connectivity index (χ3n) is 1.70. The van der Waals surface area contributed by atoms with Crippen LogP contribution in [0, 0.1) is 0 Å². The normalized spacial score (nSPS) is 11.5. The lowest BCUT2D eigenvalue weighted by Gasteiger charge is -2.01. The Morgan fingerprint density at radius 3 is 2.29 bits per heavy atom. The van der Waals surface area contributed by atoms with Gasteiger partial charge in [0.2, 0.25) is 0 Å². The minimum atomic E-state index is -0.985. The van der Waals surface area contributed by atoms with Gasteiger partial charge in [0.25, 0.3) is 0 Å². The number of carboxylic acid groups (broad SMARTS) is 1. The number of rotatable bonds is 2. The summed E-state index contributed by atoms with van der Waals surface area (Å²) in [6.45, 7) is 1.49. The van der Waals surface area contributed by atoms with Crippen LogP contribution >= 0.6 is 23.2 Å². The van der Waals surface area contributed by atoms with Crippen LogP contribution in [-0.4, -0.2) is 11.1 Å². The molecule has 0 bridgehead atoms. The maximum absolute atomic E-state index is 10.6. The molecule has 0 aliphatic rings. The van der Waals surface area contributed by atoms with Crippen LogP contribution in [0.5, 0.6) is 0 Å². The van der Waals surface area contributed by atoms with Crippen molar-refractivity contribution in [2.75, 3.05) is 0 Å². The maximum atomic E-state index is 10.6. The molecule has 0 heterocycles. The van der Waals surface area contributed by atoms with E-state index in [0.717, 1.165) is 0 Å². The fourth-order valence-electron chi connectivity index (χ4n) is 0.927. The van der Waals surface area contributed by atoms with Crippen LogP contribution in [0.4, 0.5) is 0 Å². The molecule has 0 atom stereocenters. The van der Waals surface area contributed by atoms with Crippen molar-refractivity contribution in [2.45, 2.75) is 6.92 Å². The Kier molecular flexibility index (Phi) is 3.55. The summed E-state index contributed by atoms with van der Waals surface area (Å²) >= 11 is 11.7. The van der Waals surface area contributed by atoms with Gasteiger partial charge in [0.1, 0.15) is 0 Å². The number of hydrogen-bond donors (Lipinski definition) is 1. The van der Waals surface area contributed by atoms with Crippen molar-refractivity contribution >= 4 is 35.2 Å². The van der Waals surface area contributed by atoms with Crippen molar-refractivity contribution < 1.29 is 9.90 Å². The Hall–Kier alpha value is -0.990. The molecule has 1 rings (SSSR count). The fraction of sp³-hybridized carbons (Fsp3) is 0.100. The van der Waals surface area contributed by atoms with Crippen LogP contribution in [0.3, 0.4) is 0 Å². The number of hydrogen-bond acceptors (Lipinski definition) is 1. The summed E-state index contributed by atoms with van der Waals surface area (Å²) in [6, 6.07) is 5.03. The summed E-state index contributed by atoms with van der Waals surface area (Å²) in [5, 5.41) is 9.56. The van der Waals surface area contributed by atoms with Gasteiger partial charge in [-0.15, -0.1) is 0 Å². The zero-order chi connectivity index (χ0) is 10.7. The molecule has 74 valence electrons. The summed E-state index contributed by atoms with van der Waals surface area (Å²) in [5.41, 5.74) is 0.732. The van der Waals surface area contributed by atoms with Crippen LogP contribution in [0.2, 0.25) is 10.0 Å². The summed E-state index contributed by atoms with van der Waals surface area (Å²) < 4.78 is 0. The lowest BCUT2D eigenvalue weighted by molar-refractivity contribution is -0.132. The largest absolute Gasteiger partial charge is 0.478 e. The molecular formula is C10H8Cl2O2. The molecule has 2 nitrogen and oxygen atoms in total. The highest BCUT2D eigenvalue weighted by molar-refractivity contribution is 6.37. The summed E-state index contributed by atoms with van der Waals surface area (Å²) in [6.07, 6.45) is 1.45. The molecule has 0 aromatic heterocycles. The molecule has 1 aromatic rings. The second-order valence-corrected chi connectivity index (χ2v) is 3.58. The van der Waals surface area contributed by atoms with Crippen LogP contribution in [0.25, 0.3) is 6.08 Å². The second-order valence-electron chi connectivity index (χ2n) is 2.77. The second kappa shape index (κ2) is 4.49. The van der Waals surface area contributed by atoms with E-state index in [4.69, 9.17) is 28.3 Å². The van der Waals surface area contributed by atoms with E-state index in [-0.39, 0.29) is 5.57 Å². The highest BCUT2D eigenvalue weighted by Gasteiger charge is 2.05. The van der Waals surface area contributed by atoms with Crippen molar-refractivity contribution in [3.05, 3.63) is 39.4 Å². The van der Waals surface area contributed by atoms with Gasteiger partial charge in [-0.2, -0.15) is 0 Å². The van der Waals surface area contributed by atoms with Gasteiger partial charge in [-0.1, -0.05) is 29.3 Å². The summed E-state index contributed by atoms with van der Waals surface area (Å²) in [7, 11) is 0. The number of carbonyl (C=O) groups is 1. The van der Waals surface area contributed by atoms with Gasteiger partial charge in [0.15, 0.2) is 0 Å². The molecule has 14 heavy (non-hydrogen) atoms. The van der Waals surface area contributed by atoms with Crippen LogP contribution in [0.1, 0.15) is 12.5 Å². The van der Waals surface area contributed by atoms with Gasteiger partial charge >= 0.3 is 5.97 Å². The molecule has 0 aliphatic carbocycles. The number of benzene rings is 1. The van der Waals surface area contributed by atoms with Gasteiger partial charge < -0.3 is 5.11 Å². The van der Waals surface area contributed by atoms with Crippen molar-refractivity contribution in [1.29, 1.82) is 0 Å². The fourth-order valence-corrected chi connectivity index (χ4v) is 1.43. The van der Waals surface area contributed by atoms with E-state index in [2.05, 4.69) is 0 Å². The van der Waals surface area contributed by atoms with Gasteiger partial charge in [-0.3, -0.25) is 0 Å². The molecule has 0 saturated heterocycles. The SMILES string of the molecule is CC(=Cc1c(Cl)cccc1Cl)C(=O)O. The van der Waals surface area contributed by atoms with E-state index in [1.54, 1.807) is 18.2 Å². The lowest BCUT2D eigenvalue weighted by Crippen LogP contribution is -1.95. The van der Waals surface area contributed by atoms with E-state index >= 15 is 0 Å². The molecule has 1 aromatic carbocycles. The molecule has 0 spiro atoms. The molecule has 0 aliphatic heterocycles. The first-order chi connectivity index (χ1) is 6.52. The first-order valence-electron chi connectivity index (χ1n) is 3.88. The highest BCUT2D eigenvalue weighted by atomic mass is 35.5. The smallest absolute Gasteiger partial charge is 0.331 e. The zero-order valence-electron chi connectivity index (χ0n) is 7.42. The minimum Gasteiger partial charge on any atom is -0.478 e. The third kappa shape index (κ3) is 2.50. The molecular weight excluding hydrogens is 223 g/mol. The van der Waals surface area contributed by atoms with Crippen LogP contribution < -0.4 is 0 Å². The molecule has 0 unspecified atom stereocenters. The topological polar surface area (TPSA) is 37.3 Å². The van der Waals surface area contributed by atoms with E-state index in [9.17, 15) is 4.79 Å².